The van der Waals surface area contributed by atoms with Crippen LogP contribution in [0.5, 0.6) is 28.7 Å². The number of hydrogen-bond donors (Lipinski definition) is 7. The molecule has 0 unspecified atom stereocenters. The van der Waals surface area contributed by atoms with E-state index in [0.717, 1.165) is 18.2 Å². The summed E-state index contributed by atoms with van der Waals surface area (Å²) in [6.45, 7) is 1.42. The fraction of sp³-hybridized carbons (Fsp3) is 0.286. The molecule has 7 N–H and O–H groups in total. The standard InChI is InChI=1S/C21H20O11/c1-7-13(24)17(28)18(29)21(30-7)32-20-15(26)9-3-2-8(22)6-12(9)31-19(20)10-4-5-11(23)16(27)14(10)25/h2-7,13,17-18,21-25,27-29H,1H3/t7-,13-,17-,18-,21-/m0/s1. The van der Waals surface area contributed by atoms with E-state index in [1.54, 1.807) is 0 Å². The molecule has 0 bridgehead atoms. The number of ether oxygens (including phenoxy) is 2. The van der Waals surface area contributed by atoms with Gasteiger partial charge in [0.15, 0.2) is 17.3 Å². The quantitative estimate of drug-likeness (QED) is 0.276. The molecule has 3 aromatic rings. The molecule has 0 saturated carbocycles. The Labute approximate surface area is 179 Å². The molecule has 5 atom stereocenters. The lowest BCUT2D eigenvalue weighted by atomic mass is 10.00. The summed E-state index contributed by atoms with van der Waals surface area (Å²) >= 11 is 0. The minimum atomic E-state index is -1.74. The van der Waals surface area contributed by atoms with Crippen molar-refractivity contribution in [3.8, 4) is 40.1 Å². The van der Waals surface area contributed by atoms with Crippen LogP contribution in [-0.4, -0.2) is 66.5 Å². The molecule has 0 spiro atoms. The molecule has 2 heterocycles. The van der Waals surface area contributed by atoms with Crippen LogP contribution in [0.4, 0.5) is 0 Å². The van der Waals surface area contributed by atoms with Crippen molar-refractivity contribution in [2.45, 2.75) is 37.6 Å². The van der Waals surface area contributed by atoms with Crippen LogP contribution in [-0.2, 0) is 4.74 Å². The molecule has 2 aromatic carbocycles. The molecule has 1 aliphatic rings. The summed E-state index contributed by atoms with van der Waals surface area (Å²) in [5.41, 5.74) is -1.12. The number of benzene rings is 2. The molecule has 0 aliphatic carbocycles. The third-order valence-corrected chi connectivity index (χ3v) is 5.25. The molecule has 11 nitrogen and oxygen atoms in total. The van der Waals surface area contributed by atoms with Crippen LogP contribution in [0.15, 0.2) is 39.5 Å². The van der Waals surface area contributed by atoms with E-state index < -0.39 is 64.9 Å². The van der Waals surface area contributed by atoms with Crippen molar-refractivity contribution in [2.24, 2.45) is 0 Å². The molecule has 4 rings (SSSR count). The summed E-state index contributed by atoms with van der Waals surface area (Å²) < 4.78 is 16.6. The average molecular weight is 448 g/mol. The Morgan fingerprint density at radius 1 is 0.906 bits per heavy atom. The highest BCUT2D eigenvalue weighted by molar-refractivity contribution is 5.85. The number of phenols is 4. The molecule has 170 valence electrons. The minimum Gasteiger partial charge on any atom is -0.508 e. The molecule has 0 amide bonds. The zero-order valence-electron chi connectivity index (χ0n) is 16.5. The normalized spacial score (nSPS) is 25.7. The number of aliphatic hydroxyl groups is 3. The van der Waals surface area contributed by atoms with Gasteiger partial charge in [-0.1, -0.05) is 0 Å². The summed E-state index contributed by atoms with van der Waals surface area (Å²) in [5, 5.41) is 69.7. The first-order chi connectivity index (χ1) is 15.1. The first-order valence-corrected chi connectivity index (χ1v) is 9.50. The SMILES string of the molecule is C[C@@H]1O[C@@H](Oc2c(-c3ccc(O)c(O)c3O)oc3cc(O)ccc3c2=O)[C@@H](O)[C@@H](O)[C@H]1O. The molecule has 11 heteroatoms. The van der Waals surface area contributed by atoms with E-state index in [0.29, 0.717) is 0 Å². The maximum atomic E-state index is 13.2. The van der Waals surface area contributed by atoms with Crippen LogP contribution in [0, 0.1) is 0 Å². The Morgan fingerprint density at radius 3 is 2.34 bits per heavy atom. The number of rotatable bonds is 3. The smallest absolute Gasteiger partial charge is 0.235 e. The van der Waals surface area contributed by atoms with Gasteiger partial charge in [-0.15, -0.1) is 0 Å². The van der Waals surface area contributed by atoms with Crippen molar-refractivity contribution >= 4 is 11.0 Å². The topological polar surface area (TPSA) is 190 Å². The highest BCUT2D eigenvalue weighted by atomic mass is 16.7. The van der Waals surface area contributed by atoms with E-state index in [9.17, 15) is 40.5 Å². The van der Waals surface area contributed by atoms with Crippen LogP contribution in [0.1, 0.15) is 6.92 Å². The van der Waals surface area contributed by atoms with Crippen molar-refractivity contribution in [1.29, 1.82) is 0 Å². The third-order valence-electron chi connectivity index (χ3n) is 5.25. The Morgan fingerprint density at radius 2 is 1.62 bits per heavy atom. The predicted octanol–water partition coefficient (Wildman–Crippen LogP) is 0.489. The second kappa shape index (κ2) is 7.88. The van der Waals surface area contributed by atoms with Crippen molar-refractivity contribution in [1.82, 2.24) is 0 Å². The zero-order chi connectivity index (χ0) is 23.3. The first kappa shape index (κ1) is 21.7. The average Bonchev–Trinajstić information content (AvgIpc) is 2.76. The predicted molar refractivity (Wildman–Crippen MR) is 108 cm³/mol. The lowest BCUT2D eigenvalue weighted by Crippen LogP contribution is -2.58. The summed E-state index contributed by atoms with van der Waals surface area (Å²) in [5.74, 6) is -3.52. The van der Waals surface area contributed by atoms with E-state index in [4.69, 9.17) is 13.9 Å². The van der Waals surface area contributed by atoms with Gasteiger partial charge < -0.3 is 49.6 Å². The van der Waals surface area contributed by atoms with Gasteiger partial charge in [-0.05, 0) is 31.2 Å². The number of aliphatic hydroxyl groups excluding tert-OH is 3. The third kappa shape index (κ3) is 3.46. The van der Waals surface area contributed by atoms with Crippen LogP contribution >= 0.6 is 0 Å². The molecule has 32 heavy (non-hydrogen) atoms. The van der Waals surface area contributed by atoms with Gasteiger partial charge in [0.1, 0.15) is 29.6 Å². The summed E-state index contributed by atoms with van der Waals surface area (Å²) in [7, 11) is 0. The van der Waals surface area contributed by atoms with Gasteiger partial charge in [-0.25, -0.2) is 0 Å². The van der Waals surface area contributed by atoms with Gasteiger partial charge in [0.2, 0.25) is 23.2 Å². The Balaban J connectivity index is 1.92. The monoisotopic (exact) mass is 448 g/mol. The van der Waals surface area contributed by atoms with Crippen LogP contribution in [0.2, 0.25) is 0 Å². The highest BCUT2D eigenvalue weighted by Crippen LogP contribution is 2.45. The van der Waals surface area contributed by atoms with Crippen molar-refractivity contribution in [3.63, 3.8) is 0 Å². The summed E-state index contributed by atoms with van der Waals surface area (Å²) in [6.07, 6.45) is -7.35. The van der Waals surface area contributed by atoms with Gasteiger partial charge in [0, 0.05) is 6.07 Å². The van der Waals surface area contributed by atoms with Crippen molar-refractivity contribution < 1.29 is 49.6 Å². The van der Waals surface area contributed by atoms with E-state index in [2.05, 4.69) is 0 Å². The van der Waals surface area contributed by atoms with Crippen LogP contribution in [0.3, 0.4) is 0 Å². The van der Waals surface area contributed by atoms with E-state index in [1.165, 1.54) is 19.1 Å². The zero-order valence-corrected chi connectivity index (χ0v) is 16.5. The lowest BCUT2D eigenvalue weighted by molar-refractivity contribution is -0.268. The first-order valence-electron chi connectivity index (χ1n) is 9.50. The van der Waals surface area contributed by atoms with Gasteiger partial charge in [0.25, 0.3) is 0 Å². The van der Waals surface area contributed by atoms with Crippen LogP contribution < -0.4 is 10.2 Å². The van der Waals surface area contributed by atoms with E-state index in [1.807, 2.05) is 0 Å². The molecule has 1 fully saturated rings. The highest BCUT2D eigenvalue weighted by Gasteiger charge is 2.44. The molecule has 1 aliphatic heterocycles. The summed E-state index contributed by atoms with van der Waals surface area (Å²) in [6, 6.07) is 5.83. The lowest BCUT2D eigenvalue weighted by Gasteiger charge is -2.38. The number of fused-ring (bicyclic) bond motifs is 1. The number of hydrogen-bond acceptors (Lipinski definition) is 11. The Bertz CT molecular complexity index is 1230. The maximum Gasteiger partial charge on any atom is 0.235 e. The van der Waals surface area contributed by atoms with Gasteiger partial charge in [-0.2, -0.15) is 0 Å². The molecule has 1 aromatic heterocycles. The fourth-order valence-corrected chi connectivity index (χ4v) is 3.43. The van der Waals surface area contributed by atoms with Crippen LogP contribution in [0.25, 0.3) is 22.3 Å². The second-order valence-electron chi connectivity index (χ2n) is 7.40. The van der Waals surface area contributed by atoms with Gasteiger partial charge in [-0.3, -0.25) is 4.79 Å². The Hall–Kier alpha value is -3.51. The van der Waals surface area contributed by atoms with Crippen molar-refractivity contribution in [3.05, 3.63) is 40.6 Å². The Kier molecular flexibility index (Phi) is 5.34. The molecule has 1 saturated heterocycles. The minimum absolute atomic E-state index is 0.0250. The molecule has 0 radical (unpaired) electrons. The van der Waals surface area contributed by atoms with Crippen molar-refractivity contribution in [2.75, 3.05) is 0 Å². The molecular weight excluding hydrogens is 428 g/mol. The fourth-order valence-electron chi connectivity index (χ4n) is 3.43. The summed E-state index contributed by atoms with van der Waals surface area (Å²) in [4.78, 5) is 13.2. The number of phenolic OH excluding ortho intramolecular Hbond substituents is 4. The largest absolute Gasteiger partial charge is 0.508 e. The van der Waals surface area contributed by atoms with Gasteiger partial charge >= 0.3 is 0 Å². The number of aromatic hydroxyl groups is 4. The van der Waals surface area contributed by atoms with Gasteiger partial charge in [0.05, 0.1) is 17.1 Å². The molecular formula is C21H20O11. The van der Waals surface area contributed by atoms with E-state index in [-0.39, 0.29) is 22.3 Å². The second-order valence-corrected chi connectivity index (χ2v) is 7.40. The maximum absolute atomic E-state index is 13.2. The van der Waals surface area contributed by atoms with E-state index >= 15 is 0 Å².